The first-order chi connectivity index (χ1) is 10.0. The van der Waals surface area contributed by atoms with Gasteiger partial charge in [0.1, 0.15) is 0 Å². The van der Waals surface area contributed by atoms with Crippen LogP contribution in [0.4, 0.5) is 11.9 Å². The molecule has 6 heteroatoms. The highest BCUT2D eigenvalue weighted by atomic mass is 16.5. The second-order valence-corrected chi connectivity index (χ2v) is 5.55. The number of anilines is 2. The van der Waals surface area contributed by atoms with Gasteiger partial charge in [-0.1, -0.05) is 26.7 Å². The quantitative estimate of drug-likeness (QED) is 0.688. The maximum Gasteiger partial charge on any atom is 0.323 e. The highest BCUT2D eigenvalue weighted by Gasteiger charge is 2.10. The fourth-order valence-corrected chi connectivity index (χ4v) is 1.80. The Balaban J connectivity index is 2.79. The van der Waals surface area contributed by atoms with Gasteiger partial charge in [-0.2, -0.15) is 15.0 Å². The summed E-state index contributed by atoms with van der Waals surface area (Å²) in [6.45, 7) is 11.2. The summed E-state index contributed by atoms with van der Waals surface area (Å²) < 4.78 is 5.60. The smallest absolute Gasteiger partial charge is 0.323 e. The van der Waals surface area contributed by atoms with Crippen molar-refractivity contribution in [3.05, 3.63) is 0 Å². The molecule has 1 aromatic heterocycles. The third-order valence-electron chi connectivity index (χ3n) is 2.86. The molecule has 1 rings (SSSR count). The summed E-state index contributed by atoms with van der Waals surface area (Å²) in [6.07, 6.45) is 4.53. The van der Waals surface area contributed by atoms with Crippen LogP contribution < -0.4 is 15.4 Å². The van der Waals surface area contributed by atoms with Crippen LogP contribution in [0.15, 0.2) is 0 Å². The van der Waals surface area contributed by atoms with E-state index in [9.17, 15) is 0 Å². The molecule has 0 aromatic carbocycles. The number of nitrogens with zero attached hydrogens (tertiary/aromatic N) is 3. The summed E-state index contributed by atoms with van der Waals surface area (Å²) in [5.74, 6) is 1.13. The Hall–Kier alpha value is -1.59. The fraction of sp³-hybridized carbons (Fsp3) is 0.800. The number of hydrogen-bond donors (Lipinski definition) is 2. The lowest BCUT2D eigenvalue weighted by Gasteiger charge is -2.15. The maximum atomic E-state index is 5.60. The Morgan fingerprint density at radius 2 is 1.71 bits per heavy atom. The van der Waals surface area contributed by atoms with Crippen LogP contribution in [0.5, 0.6) is 6.01 Å². The van der Waals surface area contributed by atoms with Crippen LogP contribution in [0.3, 0.4) is 0 Å². The summed E-state index contributed by atoms with van der Waals surface area (Å²) in [5.41, 5.74) is 0. The number of hydrogen-bond acceptors (Lipinski definition) is 6. The second-order valence-electron chi connectivity index (χ2n) is 5.55. The SMILES string of the molecule is CCCCC(C)Nc1nc(NCCC)nc(OC(C)C)n1. The first-order valence-electron chi connectivity index (χ1n) is 7.98. The summed E-state index contributed by atoms with van der Waals surface area (Å²) in [4.78, 5) is 13.0. The fourth-order valence-electron chi connectivity index (χ4n) is 1.80. The molecule has 0 spiro atoms. The van der Waals surface area contributed by atoms with E-state index >= 15 is 0 Å². The zero-order chi connectivity index (χ0) is 15.7. The standard InChI is InChI=1S/C15H29N5O/c1-6-8-9-12(5)17-14-18-13(16-10-7-2)19-15(20-14)21-11(3)4/h11-12H,6-10H2,1-5H3,(H2,16,17,18,19,20). The van der Waals surface area contributed by atoms with Gasteiger partial charge in [0.25, 0.3) is 0 Å². The first kappa shape index (κ1) is 17.5. The van der Waals surface area contributed by atoms with Crippen molar-refractivity contribution in [1.82, 2.24) is 15.0 Å². The third-order valence-corrected chi connectivity index (χ3v) is 2.86. The van der Waals surface area contributed by atoms with Crippen molar-refractivity contribution in [2.24, 2.45) is 0 Å². The van der Waals surface area contributed by atoms with E-state index in [4.69, 9.17) is 4.74 Å². The molecule has 0 saturated carbocycles. The lowest BCUT2D eigenvalue weighted by molar-refractivity contribution is 0.222. The van der Waals surface area contributed by atoms with E-state index in [2.05, 4.69) is 46.4 Å². The molecule has 6 nitrogen and oxygen atoms in total. The van der Waals surface area contributed by atoms with E-state index in [0.29, 0.717) is 23.9 Å². The zero-order valence-corrected chi connectivity index (χ0v) is 13.9. The summed E-state index contributed by atoms with van der Waals surface area (Å²) in [6, 6.07) is 0.696. The van der Waals surface area contributed by atoms with E-state index in [1.807, 2.05) is 13.8 Å². The Bertz CT molecular complexity index is 411. The first-order valence-corrected chi connectivity index (χ1v) is 7.98. The topological polar surface area (TPSA) is 72.0 Å². The van der Waals surface area contributed by atoms with Crippen molar-refractivity contribution in [2.75, 3.05) is 17.2 Å². The minimum atomic E-state index is 0.0387. The Labute approximate surface area is 128 Å². The van der Waals surface area contributed by atoms with E-state index in [1.54, 1.807) is 0 Å². The maximum absolute atomic E-state index is 5.60. The van der Waals surface area contributed by atoms with Gasteiger partial charge in [0.15, 0.2) is 0 Å². The molecule has 1 aromatic rings. The summed E-state index contributed by atoms with van der Waals surface area (Å²) in [7, 11) is 0. The molecular weight excluding hydrogens is 266 g/mol. The van der Waals surface area contributed by atoms with Gasteiger partial charge in [-0.15, -0.1) is 0 Å². The Morgan fingerprint density at radius 1 is 1.00 bits per heavy atom. The van der Waals surface area contributed by atoms with Crippen molar-refractivity contribution in [3.8, 4) is 6.01 Å². The van der Waals surface area contributed by atoms with Gasteiger partial charge in [0, 0.05) is 12.6 Å². The molecule has 0 fully saturated rings. The third kappa shape index (κ3) is 7.11. The zero-order valence-electron chi connectivity index (χ0n) is 13.9. The van der Waals surface area contributed by atoms with Crippen LogP contribution in [0.2, 0.25) is 0 Å². The largest absolute Gasteiger partial charge is 0.461 e. The lowest BCUT2D eigenvalue weighted by Crippen LogP contribution is -2.19. The van der Waals surface area contributed by atoms with Gasteiger partial charge in [-0.3, -0.25) is 0 Å². The molecular formula is C15H29N5O. The average Bonchev–Trinajstić information content (AvgIpc) is 2.42. The normalized spacial score (nSPS) is 12.3. The molecule has 1 unspecified atom stereocenters. The molecule has 0 radical (unpaired) electrons. The van der Waals surface area contributed by atoms with Crippen molar-refractivity contribution >= 4 is 11.9 Å². The monoisotopic (exact) mass is 295 g/mol. The van der Waals surface area contributed by atoms with Crippen LogP contribution in [-0.4, -0.2) is 33.6 Å². The second kappa shape index (κ2) is 9.37. The molecule has 0 bridgehead atoms. The van der Waals surface area contributed by atoms with Crippen molar-refractivity contribution < 1.29 is 4.74 Å². The molecule has 1 heterocycles. The van der Waals surface area contributed by atoms with Crippen LogP contribution in [0.25, 0.3) is 0 Å². The molecule has 0 saturated heterocycles. The minimum absolute atomic E-state index is 0.0387. The molecule has 0 aliphatic heterocycles. The minimum Gasteiger partial charge on any atom is -0.461 e. The summed E-state index contributed by atoms with van der Waals surface area (Å²) in [5, 5.41) is 6.51. The van der Waals surface area contributed by atoms with Crippen molar-refractivity contribution in [3.63, 3.8) is 0 Å². The van der Waals surface area contributed by atoms with Gasteiger partial charge in [-0.25, -0.2) is 0 Å². The van der Waals surface area contributed by atoms with Gasteiger partial charge in [0.2, 0.25) is 11.9 Å². The number of rotatable bonds is 10. The molecule has 0 amide bonds. The molecule has 2 N–H and O–H groups in total. The van der Waals surface area contributed by atoms with Crippen molar-refractivity contribution in [2.45, 2.75) is 72.4 Å². The lowest BCUT2D eigenvalue weighted by atomic mass is 10.1. The van der Waals surface area contributed by atoms with E-state index < -0.39 is 0 Å². The summed E-state index contributed by atoms with van der Waals surface area (Å²) >= 11 is 0. The Morgan fingerprint density at radius 3 is 2.33 bits per heavy atom. The Kier molecular flexibility index (Phi) is 7.79. The molecule has 1 atom stereocenters. The number of unbranched alkanes of at least 4 members (excludes halogenated alkanes) is 1. The van der Waals surface area contributed by atoms with Crippen LogP contribution >= 0.6 is 0 Å². The molecule has 21 heavy (non-hydrogen) atoms. The van der Waals surface area contributed by atoms with E-state index in [0.717, 1.165) is 19.4 Å². The van der Waals surface area contributed by atoms with Crippen LogP contribution in [-0.2, 0) is 0 Å². The van der Waals surface area contributed by atoms with Crippen LogP contribution in [0.1, 0.15) is 60.3 Å². The van der Waals surface area contributed by atoms with Gasteiger partial charge < -0.3 is 15.4 Å². The van der Waals surface area contributed by atoms with Gasteiger partial charge >= 0.3 is 6.01 Å². The predicted octanol–water partition coefficient (Wildman–Crippen LogP) is 3.47. The number of nitrogens with one attached hydrogen (secondary N) is 2. The van der Waals surface area contributed by atoms with Crippen molar-refractivity contribution in [1.29, 1.82) is 0 Å². The molecule has 120 valence electrons. The highest BCUT2D eigenvalue weighted by Crippen LogP contribution is 2.14. The van der Waals surface area contributed by atoms with Gasteiger partial charge in [-0.05, 0) is 33.6 Å². The number of ether oxygens (including phenoxy) is 1. The predicted molar refractivity (Wildman–Crippen MR) is 87.0 cm³/mol. The van der Waals surface area contributed by atoms with Gasteiger partial charge in [0.05, 0.1) is 6.10 Å². The molecule has 0 aliphatic rings. The van der Waals surface area contributed by atoms with E-state index in [-0.39, 0.29) is 6.10 Å². The highest BCUT2D eigenvalue weighted by molar-refractivity contribution is 5.36. The van der Waals surface area contributed by atoms with E-state index in [1.165, 1.54) is 12.8 Å². The average molecular weight is 295 g/mol. The molecule has 0 aliphatic carbocycles. The van der Waals surface area contributed by atoms with Crippen LogP contribution in [0, 0.1) is 0 Å². The number of aromatic nitrogens is 3.